The molecule has 0 fully saturated rings. The average molecular weight is 656 g/mol. The first-order valence-corrected chi connectivity index (χ1v) is 17.7. The molecule has 0 bridgehead atoms. The fourth-order valence-corrected chi connectivity index (χ4v) is 4.73. The molecule has 0 aromatic rings. The molecule has 46 heavy (non-hydrogen) atoms. The van der Waals surface area contributed by atoms with Crippen molar-refractivity contribution < 1.29 is 38.6 Å². The molecular weight excluding hydrogens is 590 g/mol. The summed E-state index contributed by atoms with van der Waals surface area (Å²) in [5.74, 6) is -1.25. The third-order valence-electron chi connectivity index (χ3n) is 7.76. The highest BCUT2D eigenvalue weighted by Gasteiger charge is 2.28. The molecule has 0 saturated heterocycles. The highest BCUT2D eigenvalue weighted by molar-refractivity contribution is 5.90. The van der Waals surface area contributed by atoms with Crippen LogP contribution in [0, 0.1) is 5.92 Å². The van der Waals surface area contributed by atoms with Gasteiger partial charge in [0, 0.05) is 38.3 Å². The van der Waals surface area contributed by atoms with Crippen LogP contribution in [0.25, 0.3) is 0 Å². The Labute approximate surface area is 278 Å². The molecule has 268 valence electrons. The van der Waals surface area contributed by atoms with Crippen LogP contribution in [0.4, 0.5) is 0 Å². The van der Waals surface area contributed by atoms with E-state index in [9.17, 15) is 24.0 Å². The molecule has 0 aliphatic rings. The number of aliphatic carboxylic acids is 1. The van der Waals surface area contributed by atoms with Gasteiger partial charge >= 0.3 is 5.97 Å². The maximum atomic E-state index is 12.5. The van der Waals surface area contributed by atoms with Gasteiger partial charge in [0.2, 0.25) is 17.7 Å². The van der Waals surface area contributed by atoms with E-state index >= 15 is 0 Å². The highest BCUT2D eigenvalue weighted by Crippen LogP contribution is 2.14. The molecule has 11 heteroatoms. The molecule has 4 N–H and O–H groups in total. The van der Waals surface area contributed by atoms with Crippen LogP contribution in [-0.2, 0) is 33.4 Å². The Morgan fingerprint density at radius 1 is 0.587 bits per heavy atom. The Kier molecular flexibility index (Phi) is 27.1. The predicted octanol–water partition coefficient (Wildman–Crippen LogP) is 5.48. The lowest BCUT2D eigenvalue weighted by molar-refractivity contribution is -0.137. The molecule has 0 heterocycles. The van der Waals surface area contributed by atoms with Crippen molar-refractivity contribution in [3.05, 3.63) is 0 Å². The van der Waals surface area contributed by atoms with E-state index in [0.29, 0.717) is 45.6 Å². The average Bonchev–Trinajstić information content (AvgIpc) is 2.99. The molecule has 0 aromatic heterocycles. The maximum Gasteiger partial charge on any atom is 0.303 e. The molecule has 0 radical (unpaired) electrons. The van der Waals surface area contributed by atoms with Gasteiger partial charge in [0.15, 0.2) is 5.78 Å². The first-order chi connectivity index (χ1) is 22.0. The van der Waals surface area contributed by atoms with E-state index in [1.165, 1.54) is 51.4 Å². The quantitative estimate of drug-likeness (QED) is 0.0694. The summed E-state index contributed by atoms with van der Waals surface area (Å²) in [7, 11) is 0. The van der Waals surface area contributed by atoms with Crippen LogP contribution in [-0.4, -0.2) is 79.6 Å². The van der Waals surface area contributed by atoms with E-state index in [1.54, 1.807) is 13.8 Å². The largest absolute Gasteiger partial charge is 0.481 e. The van der Waals surface area contributed by atoms with Gasteiger partial charge < -0.3 is 30.5 Å². The molecule has 0 aliphatic carbocycles. The van der Waals surface area contributed by atoms with Crippen molar-refractivity contribution >= 4 is 29.5 Å². The lowest BCUT2D eigenvalue weighted by atomic mass is 10.0. The van der Waals surface area contributed by atoms with Crippen molar-refractivity contribution in [2.75, 3.05) is 39.5 Å². The third kappa shape index (κ3) is 27.8. The minimum Gasteiger partial charge on any atom is -0.481 e. The second-order valence-corrected chi connectivity index (χ2v) is 13.0. The van der Waals surface area contributed by atoms with Crippen molar-refractivity contribution in [1.82, 2.24) is 16.0 Å². The molecule has 0 unspecified atom stereocenters. The Morgan fingerprint density at radius 3 is 1.59 bits per heavy atom. The van der Waals surface area contributed by atoms with E-state index in [1.807, 2.05) is 13.8 Å². The summed E-state index contributed by atoms with van der Waals surface area (Å²) in [5, 5.41) is 17.0. The van der Waals surface area contributed by atoms with Gasteiger partial charge in [-0.25, -0.2) is 0 Å². The SMILES string of the molecule is CC(C)C(=O)COCCOCCNC(=O)C(C)(C)NC(=O)CCCNC(=O)CCCCCCCCCCCCCCCCC(=O)O. The molecule has 0 saturated carbocycles. The molecule has 0 aliphatic heterocycles. The first kappa shape index (κ1) is 43.5. The van der Waals surface area contributed by atoms with E-state index in [2.05, 4.69) is 16.0 Å². The maximum absolute atomic E-state index is 12.5. The molecule has 0 atom stereocenters. The zero-order valence-electron chi connectivity index (χ0n) is 29.4. The zero-order chi connectivity index (χ0) is 34.5. The van der Waals surface area contributed by atoms with Crippen LogP contribution in [0.3, 0.4) is 0 Å². The van der Waals surface area contributed by atoms with Gasteiger partial charge in [-0.3, -0.25) is 24.0 Å². The summed E-state index contributed by atoms with van der Waals surface area (Å²) >= 11 is 0. The van der Waals surface area contributed by atoms with E-state index in [0.717, 1.165) is 38.5 Å². The molecule has 0 rings (SSSR count). The normalized spacial score (nSPS) is 11.4. The van der Waals surface area contributed by atoms with Crippen LogP contribution >= 0.6 is 0 Å². The fraction of sp³-hybridized carbons (Fsp3) is 0.857. The zero-order valence-corrected chi connectivity index (χ0v) is 29.4. The number of carbonyl (C=O) groups excluding carboxylic acids is 4. The number of carbonyl (C=O) groups is 5. The number of ketones is 1. The van der Waals surface area contributed by atoms with E-state index < -0.39 is 11.5 Å². The number of carboxylic acids is 1. The standard InChI is InChI=1S/C35H65N3O8/c1-29(2)30(39)28-46-27-26-45-25-24-37-34(44)35(3,4)38-32(41)21-19-23-36-31(40)20-17-15-13-11-9-7-5-6-8-10-12-14-16-18-22-33(42)43/h29H,5-28H2,1-4H3,(H,36,40)(H,37,44)(H,38,41)(H,42,43). The number of Topliss-reactive ketones (excluding diaryl/α,β-unsaturated/α-hetero) is 1. The first-order valence-electron chi connectivity index (χ1n) is 17.7. The van der Waals surface area contributed by atoms with Crippen molar-refractivity contribution in [3.63, 3.8) is 0 Å². The highest BCUT2D eigenvalue weighted by atomic mass is 16.5. The van der Waals surface area contributed by atoms with Crippen LogP contribution in [0.15, 0.2) is 0 Å². The van der Waals surface area contributed by atoms with Gasteiger partial charge in [0.25, 0.3) is 0 Å². The van der Waals surface area contributed by atoms with Gasteiger partial charge in [0.05, 0.1) is 19.8 Å². The van der Waals surface area contributed by atoms with Gasteiger partial charge in [-0.1, -0.05) is 90.9 Å². The second kappa shape index (κ2) is 28.7. The fourth-order valence-electron chi connectivity index (χ4n) is 4.73. The van der Waals surface area contributed by atoms with E-state index in [-0.39, 0.29) is 49.0 Å². The Hall–Kier alpha value is -2.53. The number of nitrogens with one attached hydrogen (secondary N) is 3. The number of ether oxygens (including phenoxy) is 2. The summed E-state index contributed by atoms with van der Waals surface area (Å²) < 4.78 is 10.7. The monoisotopic (exact) mass is 655 g/mol. The minimum atomic E-state index is -1.08. The third-order valence-corrected chi connectivity index (χ3v) is 7.76. The lowest BCUT2D eigenvalue weighted by Crippen LogP contribution is -2.55. The summed E-state index contributed by atoms with van der Waals surface area (Å²) in [5.41, 5.74) is -1.08. The van der Waals surface area contributed by atoms with Gasteiger partial charge in [-0.2, -0.15) is 0 Å². The molecule has 3 amide bonds. The van der Waals surface area contributed by atoms with Gasteiger partial charge in [0.1, 0.15) is 12.1 Å². The number of amides is 3. The number of unbranched alkanes of at least 4 members (excludes halogenated alkanes) is 13. The van der Waals surface area contributed by atoms with Crippen LogP contribution in [0.2, 0.25) is 0 Å². The Morgan fingerprint density at radius 2 is 1.07 bits per heavy atom. The summed E-state index contributed by atoms with van der Waals surface area (Å²) in [6.45, 7) is 8.64. The molecule has 0 spiro atoms. The number of rotatable bonds is 32. The predicted molar refractivity (Wildman–Crippen MR) is 180 cm³/mol. The topological polar surface area (TPSA) is 160 Å². The van der Waals surface area contributed by atoms with Crippen LogP contribution in [0.1, 0.15) is 143 Å². The van der Waals surface area contributed by atoms with Crippen LogP contribution in [0.5, 0.6) is 0 Å². The number of hydrogen-bond donors (Lipinski definition) is 4. The van der Waals surface area contributed by atoms with Crippen molar-refractivity contribution in [3.8, 4) is 0 Å². The lowest BCUT2D eigenvalue weighted by Gasteiger charge is -2.25. The van der Waals surface area contributed by atoms with Crippen molar-refractivity contribution in [2.45, 2.75) is 149 Å². The number of hydrogen-bond acceptors (Lipinski definition) is 7. The number of carboxylic acid groups (broad SMARTS) is 1. The van der Waals surface area contributed by atoms with E-state index in [4.69, 9.17) is 14.6 Å². The second-order valence-electron chi connectivity index (χ2n) is 13.0. The van der Waals surface area contributed by atoms with Crippen molar-refractivity contribution in [2.24, 2.45) is 5.92 Å². The minimum absolute atomic E-state index is 0.0137. The van der Waals surface area contributed by atoms with Crippen molar-refractivity contribution in [1.29, 1.82) is 0 Å². The molecule has 11 nitrogen and oxygen atoms in total. The molecule has 0 aromatic carbocycles. The Balaban J connectivity index is 3.63. The smallest absolute Gasteiger partial charge is 0.303 e. The Bertz CT molecular complexity index is 848. The van der Waals surface area contributed by atoms with Gasteiger partial charge in [-0.15, -0.1) is 0 Å². The summed E-state index contributed by atoms with van der Waals surface area (Å²) in [4.78, 5) is 58.9. The summed E-state index contributed by atoms with van der Waals surface area (Å²) in [6, 6.07) is 0. The van der Waals surface area contributed by atoms with Gasteiger partial charge in [-0.05, 0) is 33.1 Å². The molecular formula is C35H65N3O8. The summed E-state index contributed by atoms with van der Waals surface area (Å²) in [6.07, 6.45) is 17.6. The van der Waals surface area contributed by atoms with Crippen LogP contribution < -0.4 is 16.0 Å².